The van der Waals surface area contributed by atoms with Gasteiger partial charge in [0, 0.05) is 60.9 Å². The van der Waals surface area contributed by atoms with E-state index in [9.17, 15) is 0 Å². The van der Waals surface area contributed by atoms with Crippen molar-refractivity contribution in [3.8, 4) is 0 Å². The number of nitrogens with zero attached hydrogens (tertiary/aromatic N) is 3. The van der Waals surface area contributed by atoms with E-state index in [0.29, 0.717) is 0 Å². The van der Waals surface area contributed by atoms with Crippen LogP contribution in [0.3, 0.4) is 0 Å². The van der Waals surface area contributed by atoms with Crippen molar-refractivity contribution in [2.75, 3.05) is 23.7 Å². The molecule has 26 heavy (non-hydrogen) atoms. The first kappa shape index (κ1) is 16.6. The summed E-state index contributed by atoms with van der Waals surface area (Å²) >= 11 is 0. The molecular weight excluding hydrogens is 326 g/mol. The third-order valence-electron chi connectivity index (χ3n) is 4.73. The lowest BCUT2D eigenvalue weighted by Gasteiger charge is -2.19. The Morgan fingerprint density at radius 1 is 1.23 bits per heavy atom. The summed E-state index contributed by atoms with van der Waals surface area (Å²) in [5.41, 5.74) is 5.53. The van der Waals surface area contributed by atoms with Crippen LogP contribution in [0.25, 0.3) is 0 Å². The number of benzene rings is 1. The number of pyridine rings is 1. The SMILES string of the molecule is Cc1noc(C)c1CN1CCNc2cc(Nc3ccccc3)ncc2C1. The lowest BCUT2D eigenvalue weighted by molar-refractivity contribution is 0.269. The van der Waals surface area contributed by atoms with Gasteiger partial charge in [0.25, 0.3) is 0 Å². The number of hydrogen-bond donors (Lipinski definition) is 2. The molecule has 1 aliphatic rings. The Morgan fingerprint density at radius 2 is 2.08 bits per heavy atom. The van der Waals surface area contributed by atoms with Crippen molar-refractivity contribution in [2.45, 2.75) is 26.9 Å². The van der Waals surface area contributed by atoms with E-state index in [2.05, 4.69) is 31.7 Å². The van der Waals surface area contributed by atoms with E-state index in [4.69, 9.17) is 4.52 Å². The van der Waals surface area contributed by atoms with E-state index in [0.717, 1.165) is 54.8 Å². The number of rotatable bonds is 4. The van der Waals surface area contributed by atoms with Gasteiger partial charge in [-0.25, -0.2) is 4.98 Å². The van der Waals surface area contributed by atoms with Gasteiger partial charge in [-0.15, -0.1) is 0 Å². The van der Waals surface area contributed by atoms with Gasteiger partial charge in [-0.1, -0.05) is 23.4 Å². The van der Waals surface area contributed by atoms with Crippen molar-refractivity contribution in [3.63, 3.8) is 0 Å². The topological polar surface area (TPSA) is 66.2 Å². The summed E-state index contributed by atoms with van der Waals surface area (Å²) < 4.78 is 5.30. The summed E-state index contributed by atoms with van der Waals surface area (Å²) in [7, 11) is 0. The van der Waals surface area contributed by atoms with E-state index in [-0.39, 0.29) is 0 Å². The Labute approximate surface area is 153 Å². The number of aryl methyl sites for hydroxylation is 2. The van der Waals surface area contributed by atoms with Gasteiger partial charge in [0.15, 0.2) is 0 Å². The van der Waals surface area contributed by atoms with Gasteiger partial charge in [-0.05, 0) is 26.0 Å². The van der Waals surface area contributed by atoms with Gasteiger partial charge in [0.2, 0.25) is 0 Å². The fraction of sp³-hybridized carbons (Fsp3) is 0.300. The molecule has 2 aromatic heterocycles. The summed E-state index contributed by atoms with van der Waals surface area (Å²) in [4.78, 5) is 6.99. The monoisotopic (exact) mass is 349 g/mol. The first-order valence-corrected chi connectivity index (χ1v) is 8.88. The smallest absolute Gasteiger partial charge is 0.138 e. The zero-order chi connectivity index (χ0) is 17.9. The molecular formula is C20H23N5O. The van der Waals surface area contributed by atoms with E-state index >= 15 is 0 Å². The van der Waals surface area contributed by atoms with Gasteiger partial charge >= 0.3 is 0 Å². The third kappa shape index (κ3) is 3.55. The standard InChI is InChI=1S/C20H23N5O/c1-14-18(15(2)26-24-14)13-25-9-8-21-19-10-20(22-11-16(19)12-25)23-17-6-4-3-5-7-17/h3-7,10-11,21H,8-9,12-13H2,1-2H3,(H,22,23). The Morgan fingerprint density at radius 3 is 2.85 bits per heavy atom. The Bertz CT molecular complexity index is 871. The number of hydrogen-bond acceptors (Lipinski definition) is 6. The molecule has 1 aromatic carbocycles. The zero-order valence-electron chi connectivity index (χ0n) is 15.1. The predicted molar refractivity (Wildman–Crippen MR) is 103 cm³/mol. The second kappa shape index (κ2) is 7.17. The Balaban J connectivity index is 1.50. The molecule has 0 radical (unpaired) electrons. The Kier molecular flexibility index (Phi) is 4.58. The molecule has 3 aromatic rings. The maximum absolute atomic E-state index is 5.30. The molecule has 1 aliphatic heterocycles. The van der Waals surface area contributed by atoms with Crippen LogP contribution in [0.2, 0.25) is 0 Å². The molecule has 0 atom stereocenters. The number of anilines is 3. The van der Waals surface area contributed by atoms with Crippen molar-refractivity contribution in [2.24, 2.45) is 0 Å². The molecule has 0 spiro atoms. The van der Waals surface area contributed by atoms with Crippen LogP contribution in [0, 0.1) is 13.8 Å². The molecule has 0 aliphatic carbocycles. The van der Waals surface area contributed by atoms with Crippen LogP contribution in [0.15, 0.2) is 47.1 Å². The highest BCUT2D eigenvalue weighted by atomic mass is 16.5. The molecule has 2 N–H and O–H groups in total. The summed E-state index contributed by atoms with van der Waals surface area (Å²) in [5.74, 6) is 1.75. The van der Waals surface area contributed by atoms with Crippen LogP contribution in [0.5, 0.6) is 0 Å². The highest BCUT2D eigenvalue weighted by Crippen LogP contribution is 2.25. The van der Waals surface area contributed by atoms with Crippen molar-refractivity contribution >= 4 is 17.2 Å². The average Bonchev–Trinajstić information content (AvgIpc) is 2.85. The van der Waals surface area contributed by atoms with Crippen LogP contribution in [-0.2, 0) is 13.1 Å². The number of nitrogens with one attached hydrogen (secondary N) is 2. The summed E-state index contributed by atoms with van der Waals surface area (Å²) in [6.45, 7) is 7.52. The normalized spacial score (nSPS) is 14.4. The summed E-state index contributed by atoms with van der Waals surface area (Å²) in [6, 6.07) is 12.2. The fourth-order valence-electron chi connectivity index (χ4n) is 3.27. The summed E-state index contributed by atoms with van der Waals surface area (Å²) in [6.07, 6.45) is 1.96. The number of para-hydroxylation sites is 1. The van der Waals surface area contributed by atoms with E-state index < -0.39 is 0 Å². The quantitative estimate of drug-likeness (QED) is 0.746. The molecule has 0 amide bonds. The maximum atomic E-state index is 5.30. The highest BCUT2D eigenvalue weighted by molar-refractivity contribution is 5.63. The molecule has 0 saturated heterocycles. The molecule has 6 nitrogen and oxygen atoms in total. The predicted octanol–water partition coefficient (Wildman–Crippen LogP) is 3.86. The van der Waals surface area contributed by atoms with E-state index in [1.54, 1.807) is 0 Å². The third-order valence-corrected chi connectivity index (χ3v) is 4.73. The first-order valence-electron chi connectivity index (χ1n) is 8.88. The van der Waals surface area contributed by atoms with Crippen LogP contribution in [-0.4, -0.2) is 28.1 Å². The van der Waals surface area contributed by atoms with Gasteiger partial charge in [-0.3, -0.25) is 4.90 Å². The van der Waals surface area contributed by atoms with Crippen molar-refractivity contribution in [1.29, 1.82) is 0 Å². The zero-order valence-corrected chi connectivity index (χ0v) is 15.1. The van der Waals surface area contributed by atoms with Crippen LogP contribution in [0.4, 0.5) is 17.2 Å². The summed E-state index contributed by atoms with van der Waals surface area (Å²) in [5, 5.41) is 10.9. The molecule has 4 rings (SSSR count). The molecule has 0 saturated carbocycles. The number of aromatic nitrogens is 2. The van der Waals surface area contributed by atoms with Gasteiger partial charge in [0.1, 0.15) is 11.6 Å². The molecule has 134 valence electrons. The van der Waals surface area contributed by atoms with Crippen LogP contribution >= 0.6 is 0 Å². The highest BCUT2D eigenvalue weighted by Gasteiger charge is 2.18. The molecule has 0 fully saturated rings. The maximum Gasteiger partial charge on any atom is 0.138 e. The van der Waals surface area contributed by atoms with Gasteiger partial charge in [-0.2, -0.15) is 0 Å². The molecule has 3 heterocycles. The second-order valence-electron chi connectivity index (χ2n) is 6.66. The van der Waals surface area contributed by atoms with Gasteiger partial charge < -0.3 is 15.2 Å². The molecule has 0 bridgehead atoms. The lowest BCUT2D eigenvalue weighted by atomic mass is 10.1. The largest absolute Gasteiger partial charge is 0.383 e. The fourth-order valence-corrected chi connectivity index (χ4v) is 3.27. The average molecular weight is 349 g/mol. The molecule has 6 heteroatoms. The van der Waals surface area contributed by atoms with Crippen molar-refractivity contribution < 1.29 is 4.52 Å². The second-order valence-corrected chi connectivity index (χ2v) is 6.66. The Hall–Kier alpha value is -2.86. The van der Waals surface area contributed by atoms with E-state index in [1.165, 1.54) is 11.1 Å². The number of fused-ring (bicyclic) bond motifs is 1. The van der Waals surface area contributed by atoms with Crippen molar-refractivity contribution in [1.82, 2.24) is 15.0 Å². The minimum absolute atomic E-state index is 0.840. The minimum atomic E-state index is 0.840. The van der Waals surface area contributed by atoms with Crippen LogP contribution < -0.4 is 10.6 Å². The molecule has 0 unspecified atom stereocenters. The lowest BCUT2D eigenvalue weighted by Crippen LogP contribution is -2.26. The van der Waals surface area contributed by atoms with Gasteiger partial charge in [0.05, 0.1) is 5.69 Å². The van der Waals surface area contributed by atoms with Crippen LogP contribution in [0.1, 0.15) is 22.6 Å². The van der Waals surface area contributed by atoms with Crippen molar-refractivity contribution in [3.05, 3.63) is 65.2 Å². The minimum Gasteiger partial charge on any atom is -0.383 e. The van der Waals surface area contributed by atoms with E-state index in [1.807, 2.05) is 50.4 Å². The first-order chi connectivity index (χ1) is 12.7.